The third-order valence-corrected chi connectivity index (χ3v) is 4.58. The van der Waals surface area contributed by atoms with Gasteiger partial charge in [0.15, 0.2) is 15.5 Å². The van der Waals surface area contributed by atoms with Gasteiger partial charge in [0, 0.05) is 12.1 Å². The van der Waals surface area contributed by atoms with Crippen molar-refractivity contribution in [3.63, 3.8) is 0 Å². The Bertz CT molecular complexity index is 589. The molecular weight excluding hydrogens is 321 g/mol. The van der Waals surface area contributed by atoms with Gasteiger partial charge in [-0.3, -0.25) is 0 Å². The van der Waals surface area contributed by atoms with Gasteiger partial charge in [-0.25, -0.2) is 9.37 Å². The largest absolute Gasteiger partial charge is 0.485 e. The van der Waals surface area contributed by atoms with Gasteiger partial charge < -0.3 is 9.84 Å². The quantitative estimate of drug-likeness (QED) is 0.915. The standard InChI is InChI=1S/C12H11BrFNO2S/c13-12-15-7-4-6(14)10(5-11(7)18-12)17-9-3-1-2-8(9)16/h4-5,8-9,16H,1-3H2/t8-,9-/m0/s1. The van der Waals surface area contributed by atoms with Gasteiger partial charge in [-0.05, 0) is 35.2 Å². The topological polar surface area (TPSA) is 42.4 Å². The maximum atomic E-state index is 13.9. The fourth-order valence-electron chi connectivity index (χ4n) is 2.20. The first-order valence-corrected chi connectivity index (χ1v) is 7.35. The summed E-state index contributed by atoms with van der Waals surface area (Å²) < 4.78 is 21.0. The summed E-state index contributed by atoms with van der Waals surface area (Å²) in [6.07, 6.45) is 1.62. The van der Waals surface area contributed by atoms with E-state index in [9.17, 15) is 9.50 Å². The van der Waals surface area contributed by atoms with E-state index in [2.05, 4.69) is 20.9 Å². The highest BCUT2D eigenvalue weighted by Crippen LogP contribution is 2.33. The monoisotopic (exact) mass is 331 g/mol. The predicted octanol–water partition coefficient (Wildman–Crippen LogP) is 3.49. The third-order valence-electron chi connectivity index (χ3n) is 3.11. The first-order valence-electron chi connectivity index (χ1n) is 5.74. The Labute approximate surface area is 116 Å². The lowest BCUT2D eigenvalue weighted by Gasteiger charge is -2.17. The second kappa shape index (κ2) is 4.75. The molecule has 96 valence electrons. The second-order valence-electron chi connectivity index (χ2n) is 4.37. The molecule has 1 aliphatic carbocycles. The highest BCUT2D eigenvalue weighted by Gasteiger charge is 2.28. The summed E-state index contributed by atoms with van der Waals surface area (Å²) in [6, 6.07) is 3.02. The number of nitrogens with zero attached hydrogens (tertiary/aromatic N) is 1. The number of thiazole rings is 1. The summed E-state index contributed by atoms with van der Waals surface area (Å²) in [5.41, 5.74) is 0.615. The van der Waals surface area contributed by atoms with Crippen molar-refractivity contribution in [3.8, 4) is 5.75 Å². The third kappa shape index (κ3) is 2.24. The Morgan fingerprint density at radius 3 is 3.00 bits per heavy atom. The number of aromatic nitrogens is 1. The number of aliphatic hydroxyl groups is 1. The maximum absolute atomic E-state index is 13.9. The van der Waals surface area contributed by atoms with Gasteiger partial charge in [-0.15, -0.1) is 11.3 Å². The van der Waals surface area contributed by atoms with Crippen LogP contribution in [0.25, 0.3) is 10.2 Å². The van der Waals surface area contributed by atoms with Crippen LogP contribution >= 0.6 is 27.3 Å². The van der Waals surface area contributed by atoms with E-state index in [1.807, 2.05) is 0 Å². The fourth-order valence-corrected chi connectivity index (χ4v) is 3.61. The predicted molar refractivity (Wildman–Crippen MR) is 71.6 cm³/mol. The molecule has 0 radical (unpaired) electrons. The molecule has 1 saturated carbocycles. The van der Waals surface area contributed by atoms with Gasteiger partial charge in [-0.2, -0.15) is 0 Å². The number of rotatable bonds is 2. The van der Waals surface area contributed by atoms with Gasteiger partial charge >= 0.3 is 0 Å². The molecule has 0 saturated heterocycles. The van der Waals surface area contributed by atoms with Gasteiger partial charge in [0.1, 0.15) is 6.10 Å². The molecule has 6 heteroatoms. The number of hydrogen-bond acceptors (Lipinski definition) is 4. The second-order valence-corrected chi connectivity index (χ2v) is 6.68. The summed E-state index contributed by atoms with van der Waals surface area (Å²) in [6.45, 7) is 0. The van der Waals surface area contributed by atoms with Crippen LogP contribution in [0.5, 0.6) is 5.75 Å². The van der Waals surface area contributed by atoms with Crippen LogP contribution in [0.2, 0.25) is 0 Å². The molecule has 18 heavy (non-hydrogen) atoms. The minimum Gasteiger partial charge on any atom is -0.485 e. The van der Waals surface area contributed by atoms with Gasteiger partial charge in [0.05, 0.1) is 16.3 Å². The number of aliphatic hydroxyl groups excluding tert-OH is 1. The lowest BCUT2D eigenvalue weighted by molar-refractivity contribution is 0.0580. The van der Waals surface area contributed by atoms with E-state index in [0.29, 0.717) is 5.52 Å². The van der Waals surface area contributed by atoms with Crippen LogP contribution in [-0.2, 0) is 0 Å². The molecule has 0 amide bonds. The van der Waals surface area contributed by atoms with Crippen molar-refractivity contribution in [2.45, 2.75) is 31.5 Å². The van der Waals surface area contributed by atoms with Crippen LogP contribution in [-0.4, -0.2) is 22.3 Å². The lowest BCUT2D eigenvalue weighted by atomic mass is 10.2. The average Bonchev–Trinajstić information content (AvgIpc) is 2.85. The van der Waals surface area contributed by atoms with Crippen LogP contribution in [0.1, 0.15) is 19.3 Å². The van der Waals surface area contributed by atoms with E-state index in [-0.39, 0.29) is 11.9 Å². The van der Waals surface area contributed by atoms with Crippen LogP contribution in [0.3, 0.4) is 0 Å². The van der Waals surface area contributed by atoms with E-state index in [1.54, 1.807) is 6.07 Å². The first kappa shape index (κ1) is 12.3. The van der Waals surface area contributed by atoms with Crippen LogP contribution in [0, 0.1) is 5.82 Å². The van der Waals surface area contributed by atoms with Crippen molar-refractivity contribution >= 4 is 37.5 Å². The molecule has 0 spiro atoms. The van der Waals surface area contributed by atoms with Crippen molar-refractivity contribution < 1.29 is 14.2 Å². The Balaban J connectivity index is 1.93. The highest BCUT2D eigenvalue weighted by molar-refractivity contribution is 9.11. The van der Waals surface area contributed by atoms with Gasteiger partial charge in [0.2, 0.25) is 0 Å². The van der Waals surface area contributed by atoms with Crippen molar-refractivity contribution in [1.29, 1.82) is 0 Å². The van der Waals surface area contributed by atoms with E-state index >= 15 is 0 Å². The molecular formula is C12H11BrFNO2S. The van der Waals surface area contributed by atoms with Gasteiger partial charge in [-0.1, -0.05) is 0 Å². The number of fused-ring (bicyclic) bond motifs is 1. The number of benzene rings is 1. The zero-order valence-electron chi connectivity index (χ0n) is 9.40. The molecule has 1 aromatic carbocycles. The smallest absolute Gasteiger partial charge is 0.167 e. The van der Waals surface area contributed by atoms with Crippen molar-refractivity contribution in [2.75, 3.05) is 0 Å². The molecule has 2 aromatic rings. The summed E-state index contributed by atoms with van der Waals surface area (Å²) in [5.74, 6) is -0.232. The fraction of sp³-hybridized carbons (Fsp3) is 0.417. The minimum atomic E-state index is -0.492. The van der Waals surface area contributed by atoms with Crippen molar-refractivity contribution in [2.24, 2.45) is 0 Å². The Morgan fingerprint density at radius 1 is 1.44 bits per heavy atom. The van der Waals surface area contributed by atoms with Crippen molar-refractivity contribution in [1.82, 2.24) is 4.98 Å². The maximum Gasteiger partial charge on any atom is 0.167 e. The Hall–Kier alpha value is -0.720. The van der Waals surface area contributed by atoms with E-state index in [4.69, 9.17) is 4.74 Å². The number of ether oxygens (including phenoxy) is 1. The molecule has 2 atom stereocenters. The molecule has 0 aliphatic heterocycles. The van der Waals surface area contributed by atoms with Crippen LogP contribution < -0.4 is 4.74 Å². The van der Waals surface area contributed by atoms with E-state index < -0.39 is 11.9 Å². The van der Waals surface area contributed by atoms with Gasteiger partial charge in [0.25, 0.3) is 0 Å². The average molecular weight is 332 g/mol. The summed E-state index contributed by atoms with van der Waals surface area (Å²) in [4.78, 5) is 4.15. The molecule has 3 nitrogen and oxygen atoms in total. The summed E-state index contributed by atoms with van der Waals surface area (Å²) in [5, 5.41) is 9.69. The molecule has 3 rings (SSSR count). The Morgan fingerprint density at radius 2 is 2.28 bits per heavy atom. The number of hydrogen-bond donors (Lipinski definition) is 1. The molecule has 1 N–H and O–H groups in total. The highest BCUT2D eigenvalue weighted by atomic mass is 79.9. The SMILES string of the molecule is O[C@H]1CCC[C@@H]1Oc1cc2sc(Br)nc2cc1F. The number of halogens is 2. The lowest BCUT2D eigenvalue weighted by Crippen LogP contribution is -2.25. The zero-order valence-corrected chi connectivity index (χ0v) is 11.8. The van der Waals surface area contributed by atoms with Crippen LogP contribution in [0.15, 0.2) is 16.0 Å². The first-order chi connectivity index (χ1) is 8.63. The molecule has 1 heterocycles. The molecule has 1 aromatic heterocycles. The van der Waals surface area contributed by atoms with Crippen molar-refractivity contribution in [3.05, 3.63) is 21.9 Å². The Kier molecular flexibility index (Phi) is 3.25. The normalized spacial score (nSPS) is 23.7. The van der Waals surface area contributed by atoms with E-state index in [0.717, 1.165) is 27.9 Å². The molecule has 0 unspecified atom stereocenters. The summed E-state index contributed by atoms with van der Waals surface area (Å²) >= 11 is 4.71. The van der Waals surface area contributed by atoms with E-state index in [1.165, 1.54) is 17.4 Å². The molecule has 1 aliphatic rings. The molecule has 1 fully saturated rings. The molecule has 0 bridgehead atoms. The summed E-state index contributed by atoms with van der Waals surface area (Å²) in [7, 11) is 0. The van der Waals surface area contributed by atoms with Crippen LogP contribution in [0.4, 0.5) is 4.39 Å². The zero-order chi connectivity index (χ0) is 12.7. The minimum absolute atomic E-state index is 0.199.